The van der Waals surface area contributed by atoms with Crippen LogP contribution in [0.1, 0.15) is 18.4 Å². The third kappa shape index (κ3) is 4.45. The number of hydrogen-bond donors (Lipinski definition) is 1. The number of carbonyl (C=O) groups is 1. The number of esters is 1. The Balaban J connectivity index is 2.24. The van der Waals surface area contributed by atoms with E-state index < -0.39 is 5.97 Å². The van der Waals surface area contributed by atoms with E-state index in [-0.39, 0.29) is 12.2 Å². The van der Waals surface area contributed by atoms with Gasteiger partial charge in [-0.1, -0.05) is 12.2 Å². The fraction of sp³-hybridized carbons (Fsp3) is 0.267. The molecule has 0 spiro atoms. The molecule has 0 bridgehead atoms. The van der Waals surface area contributed by atoms with Crippen molar-refractivity contribution in [2.75, 3.05) is 13.7 Å². The van der Waals surface area contributed by atoms with E-state index >= 15 is 0 Å². The number of phenols is 1. The van der Waals surface area contributed by atoms with Crippen LogP contribution in [0.15, 0.2) is 46.6 Å². The van der Waals surface area contributed by atoms with Crippen LogP contribution < -0.4 is 0 Å². The summed E-state index contributed by atoms with van der Waals surface area (Å²) in [6.45, 7) is 0.472. The molecule has 6 heteroatoms. The number of phenolic OH excluding ortho intramolecular Hbond substituents is 1. The molecule has 0 aliphatic carbocycles. The van der Waals surface area contributed by atoms with Gasteiger partial charge in [0.25, 0.3) is 0 Å². The van der Waals surface area contributed by atoms with Gasteiger partial charge < -0.3 is 14.6 Å². The molecule has 1 N–H and O–H groups in total. The van der Waals surface area contributed by atoms with Crippen LogP contribution in [0.4, 0.5) is 0 Å². The van der Waals surface area contributed by atoms with E-state index in [9.17, 15) is 9.90 Å². The van der Waals surface area contributed by atoms with Gasteiger partial charge in [0, 0.05) is 6.42 Å². The number of hydrogen-bond acceptors (Lipinski definition) is 6. The van der Waals surface area contributed by atoms with Crippen LogP contribution in [-0.2, 0) is 14.3 Å². The minimum atomic E-state index is -0.411. The minimum absolute atomic E-state index is 0.00606. The van der Waals surface area contributed by atoms with Crippen molar-refractivity contribution in [2.45, 2.75) is 12.8 Å². The Morgan fingerprint density at radius 3 is 2.71 bits per heavy atom. The van der Waals surface area contributed by atoms with Gasteiger partial charge in [-0.25, -0.2) is 0 Å². The van der Waals surface area contributed by atoms with E-state index in [4.69, 9.17) is 4.74 Å². The molecule has 0 saturated heterocycles. The second-order valence-electron chi connectivity index (χ2n) is 4.33. The molecule has 0 saturated carbocycles. The highest BCUT2D eigenvalue weighted by molar-refractivity contribution is 6.09. The van der Waals surface area contributed by atoms with Gasteiger partial charge in [0.05, 0.1) is 19.2 Å². The van der Waals surface area contributed by atoms with Gasteiger partial charge in [-0.3, -0.25) is 4.79 Å². The molecule has 0 unspecified atom stereocenters. The molecule has 2 rings (SSSR count). The van der Waals surface area contributed by atoms with Crippen LogP contribution in [-0.4, -0.2) is 36.4 Å². The largest absolute Gasteiger partial charge is 0.508 e. The van der Waals surface area contributed by atoms with Gasteiger partial charge in [0.15, 0.2) is 0 Å². The molecule has 1 aliphatic rings. The predicted molar refractivity (Wildman–Crippen MR) is 78.4 cm³/mol. The summed E-state index contributed by atoms with van der Waals surface area (Å²) >= 11 is 0. The Hall–Kier alpha value is -2.63. The lowest BCUT2D eigenvalue weighted by Gasteiger charge is -2.08. The lowest BCUT2D eigenvalue weighted by molar-refractivity contribution is -0.139. The molecule has 1 heterocycles. The van der Waals surface area contributed by atoms with E-state index in [1.54, 1.807) is 12.1 Å². The second-order valence-corrected chi connectivity index (χ2v) is 4.33. The first-order valence-corrected chi connectivity index (χ1v) is 6.46. The summed E-state index contributed by atoms with van der Waals surface area (Å²) in [6.07, 6.45) is 4.41. The van der Waals surface area contributed by atoms with Gasteiger partial charge in [-0.05, 0) is 29.8 Å². The van der Waals surface area contributed by atoms with Gasteiger partial charge in [-0.2, -0.15) is 5.10 Å². The van der Waals surface area contributed by atoms with Gasteiger partial charge in [0.2, 0.25) is 5.90 Å². The third-order valence-electron chi connectivity index (χ3n) is 2.83. The van der Waals surface area contributed by atoms with Gasteiger partial charge in [0.1, 0.15) is 12.4 Å². The van der Waals surface area contributed by atoms with Crippen molar-refractivity contribution in [1.82, 2.24) is 0 Å². The Kier molecular flexibility index (Phi) is 5.09. The van der Waals surface area contributed by atoms with Crippen molar-refractivity contribution in [2.24, 2.45) is 10.2 Å². The van der Waals surface area contributed by atoms with Gasteiger partial charge in [-0.15, -0.1) is 5.10 Å². The molecule has 1 aromatic rings. The third-order valence-corrected chi connectivity index (χ3v) is 2.83. The average Bonchev–Trinajstić information content (AvgIpc) is 2.53. The molecule has 0 fully saturated rings. The van der Waals surface area contributed by atoms with E-state index in [0.29, 0.717) is 30.2 Å². The van der Waals surface area contributed by atoms with E-state index in [1.165, 1.54) is 19.2 Å². The maximum Gasteiger partial charge on any atom is 0.311 e. The van der Waals surface area contributed by atoms with E-state index in [0.717, 1.165) is 0 Å². The van der Waals surface area contributed by atoms with Crippen molar-refractivity contribution in [3.63, 3.8) is 0 Å². The first-order valence-electron chi connectivity index (χ1n) is 6.46. The van der Waals surface area contributed by atoms with Crippen LogP contribution in [0, 0.1) is 0 Å². The molecule has 0 radical (unpaired) electrons. The zero-order valence-corrected chi connectivity index (χ0v) is 11.7. The fourth-order valence-electron chi connectivity index (χ4n) is 1.70. The summed E-state index contributed by atoms with van der Waals surface area (Å²) < 4.78 is 9.97. The van der Waals surface area contributed by atoms with Crippen molar-refractivity contribution in [3.8, 4) is 5.75 Å². The first-order chi connectivity index (χ1) is 10.2. The Morgan fingerprint density at radius 1 is 1.33 bits per heavy atom. The number of benzene rings is 1. The lowest BCUT2D eigenvalue weighted by Crippen LogP contribution is -2.12. The Morgan fingerprint density at radius 2 is 2.10 bits per heavy atom. The second kappa shape index (κ2) is 7.23. The van der Waals surface area contributed by atoms with Crippen molar-refractivity contribution in [1.29, 1.82) is 0 Å². The number of rotatable bonds is 4. The summed E-state index contributed by atoms with van der Waals surface area (Å²) in [7, 11) is 1.32. The molecule has 0 amide bonds. The minimum Gasteiger partial charge on any atom is -0.508 e. The summed E-state index contributed by atoms with van der Waals surface area (Å²) in [5.74, 6) is 0.230. The SMILES string of the molecule is COC(=O)CC(=NN=C1CC=CCO1)c1ccc(O)cc1. The number of nitrogens with zero attached hydrogens (tertiary/aromatic N) is 2. The molecular formula is C15H16N2O4. The molecule has 0 aromatic heterocycles. The van der Waals surface area contributed by atoms with E-state index in [2.05, 4.69) is 14.9 Å². The highest BCUT2D eigenvalue weighted by Crippen LogP contribution is 2.13. The average molecular weight is 288 g/mol. The zero-order chi connectivity index (χ0) is 15.1. The fourth-order valence-corrected chi connectivity index (χ4v) is 1.70. The summed E-state index contributed by atoms with van der Waals surface area (Å²) in [4.78, 5) is 11.5. The monoisotopic (exact) mass is 288 g/mol. The predicted octanol–water partition coefficient (Wildman–Crippen LogP) is 2.03. The van der Waals surface area contributed by atoms with Gasteiger partial charge >= 0.3 is 5.97 Å². The van der Waals surface area contributed by atoms with Crippen LogP contribution in [0.3, 0.4) is 0 Å². The highest BCUT2D eigenvalue weighted by Gasteiger charge is 2.11. The lowest BCUT2D eigenvalue weighted by atomic mass is 10.1. The number of methoxy groups -OCH3 is 1. The molecule has 0 atom stereocenters. The summed E-state index contributed by atoms with van der Waals surface area (Å²) in [5.41, 5.74) is 1.14. The molecular weight excluding hydrogens is 272 g/mol. The summed E-state index contributed by atoms with van der Waals surface area (Å²) in [5, 5.41) is 17.4. The maximum absolute atomic E-state index is 11.5. The first kappa shape index (κ1) is 14.8. The van der Waals surface area contributed by atoms with E-state index in [1.807, 2.05) is 12.2 Å². The smallest absolute Gasteiger partial charge is 0.311 e. The maximum atomic E-state index is 11.5. The normalized spacial score (nSPS) is 16.6. The molecule has 21 heavy (non-hydrogen) atoms. The Bertz CT molecular complexity index is 588. The quantitative estimate of drug-likeness (QED) is 0.398. The van der Waals surface area contributed by atoms with Crippen LogP contribution in [0.5, 0.6) is 5.75 Å². The standard InChI is InChI=1S/C15H16N2O4/c1-20-15(19)10-13(11-5-7-12(18)8-6-11)16-17-14-4-2-3-9-21-14/h2-3,5-8,18H,4,9-10H2,1H3. The highest BCUT2D eigenvalue weighted by atomic mass is 16.5. The van der Waals surface area contributed by atoms with Crippen LogP contribution >= 0.6 is 0 Å². The number of ether oxygens (including phenoxy) is 2. The van der Waals surface area contributed by atoms with Crippen molar-refractivity contribution < 1.29 is 19.4 Å². The summed E-state index contributed by atoms with van der Waals surface area (Å²) in [6, 6.07) is 6.38. The number of aromatic hydroxyl groups is 1. The van der Waals surface area contributed by atoms with Crippen molar-refractivity contribution >= 4 is 17.6 Å². The van der Waals surface area contributed by atoms with Crippen molar-refractivity contribution in [3.05, 3.63) is 42.0 Å². The molecule has 110 valence electrons. The zero-order valence-electron chi connectivity index (χ0n) is 11.7. The number of carbonyl (C=O) groups excluding carboxylic acids is 1. The topological polar surface area (TPSA) is 80.5 Å². The Labute approximate surface area is 122 Å². The molecule has 6 nitrogen and oxygen atoms in total. The molecule has 1 aromatic carbocycles. The van der Waals surface area contributed by atoms with Crippen LogP contribution in [0.2, 0.25) is 0 Å². The molecule has 1 aliphatic heterocycles. The van der Waals surface area contributed by atoms with Crippen LogP contribution in [0.25, 0.3) is 0 Å².